The molecule has 1 aromatic heterocycles. The molecule has 0 aliphatic rings. The summed E-state index contributed by atoms with van der Waals surface area (Å²) in [5, 5.41) is 4.01. The molecule has 15 heavy (non-hydrogen) atoms. The Morgan fingerprint density at radius 3 is 2.67 bits per heavy atom. The summed E-state index contributed by atoms with van der Waals surface area (Å²) >= 11 is 0. The highest BCUT2D eigenvalue weighted by atomic mass is 16.5. The topological polar surface area (TPSA) is 39.9 Å². The quantitative estimate of drug-likeness (QED) is 0.763. The van der Waals surface area contributed by atoms with Gasteiger partial charge in [0.25, 0.3) is 0 Å². The second kappa shape index (κ2) is 3.96. The Balaban J connectivity index is 2.41. The molecule has 0 fully saturated rings. The van der Waals surface area contributed by atoms with E-state index < -0.39 is 0 Å². The summed E-state index contributed by atoms with van der Waals surface area (Å²) in [6.07, 6.45) is 3.12. The standard InChI is InChI=1S/C11H11N3O/c1-3-14-11(12-8-13-14)9-4-6-10(15-2)7-5-9/h3-8H,1H2,2H3. The minimum Gasteiger partial charge on any atom is -0.497 e. The van der Waals surface area contributed by atoms with Crippen molar-refractivity contribution in [2.45, 2.75) is 0 Å². The maximum atomic E-state index is 5.08. The van der Waals surface area contributed by atoms with Crippen LogP contribution in [0.3, 0.4) is 0 Å². The number of nitrogens with zero attached hydrogens (tertiary/aromatic N) is 3. The molecule has 0 atom stereocenters. The van der Waals surface area contributed by atoms with E-state index in [1.165, 1.54) is 6.33 Å². The van der Waals surface area contributed by atoms with Gasteiger partial charge in [0.2, 0.25) is 0 Å². The van der Waals surface area contributed by atoms with Crippen LogP contribution in [0.5, 0.6) is 5.75 Å². The molecule has 0 N–H and O–H groups in total. The van der Waals surface area contributed by atoms with E-state index in [0.717, 1.165) is 17.1 Å². The van der Waals surface area contributed by atoms with Crippen LogP contribution >= 0.6 is 0 Å². The summed E-state index contributed by atoms with van der Waals surface area (Å²) in [4.78, 5) is 4.15. The van der Waals surface area contributed by atoms with Crippen LogP contribution in [0.25, 0.3) is 17.6 Å². The molecule has 0 radical (unpaired) electrons. The molecule has 4 heteroatoms. The van der Waals surface area contributed by atoms with Crippen molar-refractivity contribution in [2.75, 3.05) is 7.11 Å². The van der Waals surface area contributed by atoms with E-state index in [1.807, 2.05) is 24.3 Å². The number of methoxy groups -OCH3 is 1. The van der Waals surface area contributed by atoms with Crippen LogP contribution in [-0.2, 0) is 0 Å². The predicted octanol–water partition coefficient (Wildman–Crippen LogP) is 2.05. The van der Waals surface area contributed by atoms with Gasteiger partial charge >= 0.3 is 0 Å². The third-order valence-electron chi connectivity index (χ3n) is 2.09. The molecule has 0 saturated heterocycles. The number of hydrogen-bond acceptors (Lipinski definition) is 3. The third-order valence-corrected chi connectivity index (χ3v) is 2.09. The van der Waals surface area contributed by atoms with Crippen LogP contribution in [-0.4, -0.2) is 21.9 Å². The van der Waals surface area contributed by atoms with Gasteiger partial charge in [-0.2, -0.15) is 5.10 Å². The van der Waals surface area contributed by atoms with E-state index in [4.69, 9.17) is 4.74 Å². The fourth-order valence-electron chi connectivity index (χ4n) is 1.33. The molecule has 0 aliphatic heterocycles. The Labute approximate surface area is 87.8 Å². The molecule has 0 spiro atoms. The monoisotopic (exact) mass is 201 g/mol. The van der Waals surface area contributed by atoms with Gasteiger partial charge in [0.1, 0.15) is 12.1 Å². The highest BCUT2D eigenvalue weighted by Crippen LogP contribution is 2.19. The van der Waals surface area contributed by atoms with Crippen molar-refractivity contribution in [1.29, 1.82) is 0 Å². The average molecular weight is 201 g/mol. The lowest BCUT2D eigenvalue weighted by atomic mass is 10.2. The van der Waals surface area contributed by atoms with E-state index in [-0.39, 0.29) is 0 Å². The molecule has 4 nitrogen and oxygen atoms in total. The minimum absolute atomic E-state index is 0.771. The number of benzene rings is 1. The van der Waals surface area contributed by atoms with Crippen molar-refractivity contribution in [3.8, 4) is 17.1 Å². The molecule has 2 rings (SSSR count). The van der Waals surface area contributed by atoms with Crippen LogP contribution in [0.15, 0.2) is 37.2 Å². The van der Waals surface area contributed by atoms with Gasteiger partial charge in [0.05, 0.1) is 7.11 Å². The normalized spacial score (nSPS) is 9.93. The van der Waals surface area contributed by atoms with Gasteiger partial charge in [-0.1, -0.05) is 6.58 Å². The van der Waals surface area contributed by atoms with Crippen LogP contribution < -0.4 is 4.74 Å². The highest BCUT2D eigenvalue weighted by Gasteiger charge is 2.04. The zero-order valence-corrected chi connectivity index (χ0v) is 8.42. The first-order chi connectivity index (χ1) is 7.35. The van der Waals surface area contributed by atoms with E-state index in [1.54, 1.807) is 18.0 Å². The second-order valence-corrected chi connectivity index (χ2v) is 2.94. The van der Waals surface area contributed by atoms with Crippen LogP contribution in [0.4, 0.5) is 0 Å². The summed E-state index contributed by atoms with van der Waals surface area (Å²) in [6.45, 7) is 3.66. The zero-order chi connectivity index (χ0) is 10.7. The fourth-order valence-corrected chi connectivity index (χ4v) is 1.33. The zero-order valence-electron chi connectivity index (χ0n) is 8.42. The van der Waals surface area contributed by atoms with Crippen molar-refractivity contribution in [3.63, 3.8) is 0 Å². The van der Waals surface area contributed by atoms with Crippen molar-refractivity contribution < 1.29 is 4.74 Å². The SMILES string of the molecule is C=Cn1ncnc1-c1ccc(OC)cc1. The van der Waals surface area contributed by atoms with Crippen molar-refractivity contribution in [1.82, 2.24) is 14.8 Å². The Kier molecular flexibility index (Phi) is 2.49. The number of rotatable bonds is 3. The summed E-state index contributed by atoms with van der Waals surface area (Å²) in [5.41, 5.74) is 0.980. The van der Waals surface area contributed by atoms with E-state index >= 15 is 0 Å². The van der Waals surface area contributed by atoms with Gasteiger partial charge in [-0.15, -0.1) is 0 Å². The van der Waals surface area contributed by atoms with Gasteiger partial charge < -0.3 is 4.74 Å². The Morgan fingerprint density at radius 1 is 1.33 bits per heavy atom. The molecule has 0 bridgehead atoms. The van der Waals surface area contributed by atoms with Crippen molar-refractivity contribution in [3.05, 3.63) is 37.2 Å². The van der Waals surface area contributed by atoms with Gasteiger partial charge in [0, 0.05) is 11.8 Å². The molecule has 1 heterocycles. The smallest absolute Gasteiger partial charge is 0.162 e. The Bertz CT molecular complexity index is 459. The van der Waals surface area contributed by atoms with Gasteiger partial charge in [-0.05, 0) is 24.3 Å². The lowest BCUT2D eigenvalue weighted by molar-refractivity contribution is 0.415. The molecule has 0 amide bonds. The fraction of sp³-hybridized carbons (Fsp3) is 0.0909. The molecule has 0 unspecified atom stereocenters. The van der Waals surface area contributed by atoms with Gasteiger partial charge in [-0.3, -0.25) is 0 Å². The second-order valence-electron chi connectivity index (χ2n) is 2.94. The maximum absolute atomic E-state index is 5.08. The van der Waals surface area contributed by atoms with Crippen molar-refractivity contribution in [2.24, 2.45) is 0 Å². The van der Waals surface area contributed by atoms with E-state index in [0.29, 0.717) is 0 Å². The first-order valence-corrected chi connectivity index (χ1v) is 4.51. The molecule has 76 valence electrons. The maximum Gasteiger partial charge on any atom is 0.162 e. The van der Waals surface area contributed by atoms with Crippen LogP contribution in [0.1, 0.15) is 0 Å². The van der Waals surface area contributed by atoms with Crippen LogP contribution in [0, 0.1) is 0 Å². The summed E-state index contributed by atoms with van der Waals surface area (Å²) in [5.74, 6) is 1.59. The Morgan fingerprint density at radius 2 is 2.07 bits per heavy atom. The summed E-state index contributed by atoms with van der Waals surface area (Å²) in [7, 11) is 1.64. The van der Waals surface area contributed by atoms with Gasteiger partial charge in [0.15, 0.2) is 5.82 Å². The Hall–Kier alpha value is -2.10. The molecule has 0 aliphatic carbocycles. The van der Waals surface area contributed by atoms with Crippen LogP contribution in [0.2, 0.25) is 0 Å². The largest absolute Gasteiger partial charge is 0.497 e. The third kappa shape index (κ3) is 1.74. The minimum atomic E-state index is 0.771. The lowest BCUT2D eigenvalue weighted by Crippen LogP contribution is -1.92. The van der Waals surface area contributed by atoms with Gasteiger partial charge in [-0.25, -0.2) is 9.67 Å². The predicted molar refractivity (Wildman–Crippen MR) is 58.4 cm³/mol. The lowest BCUT2D eigenvalue weighted by Gasteiger charge is -2.02. The number of ether oxygens (including phenoxy) is 1. The first-order valence-electron chi connectivity index (χ1n) is 4.51. The molecular weight excluding hydrogens is 190 g/mol. The van der Waals surface area contributed by atoms with Crippen molar-refractivity contribution >= 4 is 6.20 Å². The molecule has 0 saturated carbocycles. The highest BCUT2D eigenvalue weighted by molar-refractivity contribution is 5.58. The number of aromatic nitrogens is 3. The number of hydrogen-bond donors (Lipinski definition) is 0. The molecular formula is C11H11N3O. The molecule has 1 aromatic carbocycles. The first kappa shape index (κ1) is 9.45. The summed E-state index contributed by atoms with van der Waals surface area (Å²) < 4.78 is 6.71. The van der Waals surface area contributed by atoms with E-state index in [2.05, 4.69) is 16.7 Å². The van der Waals surface area contributed by atoms with E-state index in [9.17, 15) is 0 Å². The summed E-state index contributed by atoms with van der Waals surface area (Å²) in [6, 6.07) is 7.64. The average Bonchev–Trinajstić information content (AvgIpc) is 2.77. The molecule has 2 aromatic rings.